The molecule has 0 fully saturated rings. The Balaban J connectivity index is 1.87. The molecule has 0 saturated heterocycles. The Hall–Kier alpha value is -3.18. The minimum Gasteiger partial charge on any atom is -0.412 e. The van der Waals surface area contributed by atoms with Crippen LogP contribution in [0.2, 0.25) is 10.0 Å². The van der Waals surface area contributed by atoms with Crippen molar-refractivity contribution >= 4 is 50.1 Å². The molecule has 0 amide bonds. The van der Waals surface area contributed by atoms with Gasteiger partial charge in [-0.3, -0.25) is 4.79 Å². The molecule has 2 aromatic heterocycles. The van der Waals surface area contributed by atoms with Crippen LogP contribution in [-0.2, 0) is 15.8 Å². The second kappa shape index (κ2) is 9.22. The number of benzene rings is 2. The van der Waals surface area contributed by atoms with E-state index in [0.717, 1.165) is 4.73 Å². The molecule has 0 unspecified atom stereocenters. The van der Waals surface area contributed by atoms with Crippen LogP contribution in [0.3, 0.4) is 0 Å². The van der Waals surface area contributed by atoms with E-state index in [-0.39, 0.29) is 28.6 Å². The van der Waals surface area contributed by atoms with Gasteiger partial charge in [0.05, 0.1) is 26.7 Å². The Bertz CT molecular complexity index is 1550. The lowest BCUT2D eigenvalue weighted by atomic mass is 10.1. The third-order valence-corrected chi connectivity index (χ3v) is 7.11. The van der Waals surface area contributed by atoms with Crippen molar-refractivity contribution in [2.24, 2.45) is 0 Å². The topological polar surface area (TPSA) is 129 Å². The maximum Gasteiger partial charge on any atom is 0.293 e. The number of halogens is 2. The summed E-state index contributed by atoms with van der Waals surface area (Å²) in [6, 6.07) is 13.1. The first-order valence-electron chi connectivity index (χ1n) is 9.88. The molecule has 0 bridgehead atoms. The molecule has 0 atom stereocenters. The van der Waals surface area contributed by atoms with Crippen LogP contribution in [0.5, 0.6) is 0 Å². The van der Waals surface area contributed by atoms with Crippen molar-refractivity contribution < 1.29 is 13.3 Å². The lowest BCUT2D eigenvalue weighted by Crippen LogP contribution is -2.27. The average molecular weight is 520 g/mol. The zero-order valence-electron chi connectivity index (χ0n) is 18.0. The third kappa shape index (κ3) is 4.45. The van der Waals surface area contributed by atoms with E-state index < -0.39 is 15.6 Å². The molecule has 2 aromatic carbocycles. The largest absolute Gasteiger partial charge is 0.412 e. The lowest BCUT2D eigenvalue weighted by molar-refractivity contribution is 0.168. The molecule has 4 aromatic rings. The van der Waals surface area contributed by atoms with Crippen molar-refractivity contribution in [1.29, 1.82) is 0 Å². The van der Waals surface area contributed by atoms with Gasteiger partial charge in [-0.05, 0) is 30.8 Å². The van der Waals surface area contributed by atoms with Gasteiger partial charge in [-0.2, -0.15) is 0 Å². The van der Waals surface area contributed by atoms with Gasteiger partial charge < -0.3 is 10.6 Å². The standard InChI is InChI=1S/C22H19Cl2N5O4S/c1-26-34(31,32)11-12-6-8-13(9-7-12)20-27-19(25)15-10-14(18-16(23)4-3-5-17(18)24)22(30)29(33-2)21(15)28-20/h3-10,26H,11H2,1-2H3,(H2,25,27,28). The highest BCUT2D eigenvalue weighted by Crippen LogP contribution is 2.34. The first kappa shape index (κ1) is 24.0. The van der Waals surface area contributed by atoms with E-state index in [2.05, 4.69) is 14.7 Å². The van der Waals surface area contributed by atoms with Crippen LogP contribution < -0.4 is 20.9 Å². The molecule has 34 heavy (non-hydrogen) atoms. The summed E-state index contributed by atoms with van der Waals surface area (Å²) in [6.45, 7) is 0. The summed E-state index contributed by atoms with van der Waals surface area (Å²) < 4.78 is 26.8. The molecule has 176 valence electrons. The van der Waals surface area contributed by atoms with E-state index in [4.69, 9.17) is 33.8 Å². The number of sulfonamides is 1. The average Bonchev–Trinajstić information content (AvgIpc) is 2.80. The van der Waals surface area contributed by atoms with Crippen molar-refractivity contribution in [3.8, 4) is 22.5 Å². The Labute approximate surface area is 205 Å². The van der Waals surface area contributed by atoms with E-state index in [0.29, 0.717) is 32.1 Å². The molecular weight excluding hydrogens is 501 g/mol. The molecule has 4 rings (SSSR count). The first-order chi connectivity index (χ1) is 16.1. The fourth-order valence-electron chi connectivity index (χ4n) is 3.45. The monoisotopic (exact) mass is 519 g/mol. The van der Waals surface area contributed by atoms with E-state index in [9.17, 15) is 13.2 Å². The number of rotatable bonds is 6. The van der Waals surface area contributed by atoms with Crippen molar-refractivity contribution in [2.45, 2.75) is 5.75 Å². The van der Waals surface area contributed by atoms with Gasteiger partial charge in [0.2, 0.25) is 10.0 Å². The van der Waals surface area contributed by atoms with Crippen LogP contribution in [0, 0.1) is 0 Å². The third-order valence-electron chi connectivity index (χ3n) is 5.15. The van der Waals surface area contributed by atoms with Gasteiger partial charge in [-0.25, -0.2) is 23.1 Å². The Morgan fingerprint density at radius 3 is 2.32 bits per heavy atom. The van der Waals surface area contributed by atoms with E-state index in [1.54, 1.807) is 42.5 Å². The number of nitrogens with one attached hydrogen (secondary N) is 1. The number of aromatic nitrogens is 3. The van der Waals surface area contributed by atoms with Gasteiger partial charge in [-0.15, -0.1) is 4.73 Å². The zero-order valence-corrected chi connectivity index (χ0v) is 20.4. The summed E-state index contributed by atoms with van der Waals surface area (Å²) in [5.41, 5.74) is 7.57. The number of hydrogen-bond acceptors (Lipinski definition) is 7. The number of fused-ring (bicyclic) bond motifs is 1. The van der Waals surface area contributed by atoms with Crippen LogP contribution >= 0.6 is 23.2 Å². The van der Waals surface area contributed by atoms with E-state index in [1.807, 2.05) is 0 Å². The van der Waals surface area contributed by atoms with Gasteiger partial charge >= 0.3 is 0 Å². The molecule has 0 aliphatic rings. The van der Waals surface area contributed by atoms with Gasteiger partial charge in [-0.1, -0.05) is 53.5 Å². The Morgan fingerprint density at radius 2 is 1.74 bits per heavy atom. The maximum absolute atomic E-state index is 13.2. The van der Waals surface area contributed by atoms with Crippen LogP contribution in [0.4, 0.5) is 5.82 Å². The predicted octanol–water partition coefficient (Wildman–Crippen LogP) is 3.12. The summed E-state index contributed by atoms with van der Waals surface area (Å²) in [5, 5.41) is 0.958. The fourth-order valence-corrected chi connectivity index (χ4v) is 4.83. The summed E-state index contributed by atoms with van der Waals surface area (Å²) in [6.07, 6.45) is 0. The second-order valence-corrected chi connectivity index (χ2v) is 10.0. The molecule has 0 radical (unpaired) electrons. The van der Waals surface area contributed by atoms with Crippen LogP contribution in [0.15, 0.2) is 53.3 Å². The highest BCUT2D eigenvalue weighted by atomic mass is 35.5. The summed E-state index contributed by atoms with van der Waals surface area (Å²) in [5.74, 6) is 0.181. The molecule has 0 aliphatic heterocycles. The van der Waals surface area contributed by atoms with Crippen LogP contribution in [-0.4, -0.2) is 37.3 Å². The Kier molecular flexibility index (Phi) is 6.50. The minimum atomic E-state index is -3.41. The highest BCUT2D eigenvalue weighted by Gasteiger charge is 2.20. The molecule has 2 heterocycles. The number of nitrogen functional groups attached to an aromatic ring is 1. The Morgan fingerprint density at radius 1 is 1.09 bits per heavy atom. The first-order valence-corrected chi connectivity index (χ1v) is 12.3. The summed E-state index contributed by atoms with van der Waals surface area (Å²) >= 11 is 12.6. The number of nitrogens with zero attached hydrogens (tertiary/aromatic N) is 3. The molecule has 12 heteroatoms. The van der Waals surface area contributed by atoms with Crippen molar-refractivity contribution in [2.75, 3.05) is 19.9 Å². The quantitative estimate of drug-likeness (QED) is 0.400. The van der Waals surface area contributed by atoms with Crippen molar-refractivity contribution in [1.82, 2.24) is 19.4 Å². The molecular formula is C22H19Cl2N5O4S. The zero-order chi connectivity index (χ0) is 24.6. The molecule has 0 spiro atoms. The highest BCUT2D eigenvalue weighted by molar-refractivity contribution is 7.88. The minimum absolute atomic E-state index is 0.108. The van der Waals surface area contributed by atoms with Gasteiger partial charge in [0, 0.05) is 11.1 Å². The van der Waals surface area contributed by atoms with Gasteiger partial charge in [0.25, 0.3) is 5.56 Å². The summed E-state index contributed by atoms with van der Waals surface area (Å²) in [7, 11) is -0.723. The predicted molar refractivity (Wildman–Crippen MR) is 133 cm³/mol. The molecule has 0 saturated carbocycles. The van der Waals surface area contributed by atoms with Crippen LogP contribution in [0.1, 0.15) is 5.56 Å². The van der Waals surface area contributed by atoms with Crippen LogP contribution in [0.25, 0.3) is 33.5 Å². The smallest absolute Gasteiger partial charge is 0.293 e. The lowest BCUT2D eigenvalue weighted by Gasteiger charge is -2.14. The maximum atomic E-state index is 13.2. The number of nitrogens with two attached hydrogens (primary N) is 1. The van der Waals surface area contributed by atoms with Gasteiger partial charge in [0.15, 0.2) is 11.5 Å². The van der Waals surface area contributed by atoms with E-state index in [1.165, 1.54) is 20.2 Å². The SMILES string of the molecule is CNS(=O)(=O)Cc1ccc(-c2nc(N)c3cc(-c4c(Cl)cccc4Cl)c(=O)n(OC)c3n2)cc1. The number of anilines is 1. The number of pyridine rings is 1. The molecule has 3 N–H and O–H groups in total. The molecule has 9 nitrogen and oxygen atoms in total. The normalized spacial score (nSPS) is 11.6. The fraction of sp³-hybridized carbons (Fsp3) is 0.136. The second-order valence-electron chi connectivity index (χ2n) is 7.27. The summed E-state index contributed by atoms with van der Waals surface area (Å²) in [4.78, 5) is 27.4. The number of hydrogen-bond donors (Lipinski definition) is 2. The van der Waals surface area contributed by atoms with Crippen molar-refractivity contribution in [3.05, 3.63) is 74.5 Å². The van der Waals surface area contributed by atoms with Gasteiger partial charge in [0.1, 0.15) is 12.9 Å². The van der Waals surface area contributed by atoms with E-state index >= 15 is 0 Å². The molecule has 0 aliphatic carbocycles. The van der Waals surface area contributed by atoms with Crippen molar-refractivity contribution in [3.63, 3.8) is 0 Å².